The van der Waals surface area contributed by atoms with Crippen LogP contribution in [0, 0.1) is 6.92 Å². The highest BCUT2D eigenvalue weighted by Crippen LogP contribution is 2.20. The van der Waals surface area contributed by atoms with Crippen LogP contribution in [0.2, 0.25) is 0 Å². The Morgan fingerprint density at radius 3 is 2.79 bits per heavy atom. The second kappa shape index (κ2) is 3.18. The summed E-state index contributed by atoms with van der Waals surface area (Å²) in [5, 5.41) is 9.17. The lowest BCUT2D eigenvalue weighted by molar-refractivity contribution is -0.116. The predicted octanol–water partition coefficient (Wildman–Crippen LogP) is 1.78. The fourth-order valence-corrected chi connectivity index (χ4v) is 1.50. The number of carbonyl (C=O) groups excluding carboxylic acids is 1. The molecule has 1 N–H and O–H groups in total. The number of aryl methyl sites for hydroxylation is 1. The maximum atomic E-state index is 11.4. The molecule has 1 aromatic rings. The van der Waals surface area contributed by atoms with Crippen LogP contribution in [0.1, 0.15) is 5.56 Å². The first kappa shape index (κ1) is 8.81. The fraction of sp³-hybridized carbons (Fsp3) is 0.182. The molecule has 72 valence electrons. The van der Waals surface area contributed by atoms with E-state index in [1.165, 1.54) is 6.08 Å². The summed E-state index contributed by atoms with van der Waals surface area (Å²) in [5.41, 5.74) is 1.93. The first-order valence-corrected chi connectivity index (χ1v) is 4.46. The molecule has 1 aromatic carbocycles. The third kappa shape index (κ3) is 1.37. The second-order valence-corrected chi connectivity index (χ2v) is 3.34. The topological polar surface area (TPSA) is 40.5 Å². The molecule has 1 aliphatic rings. The number of hydrogen-bond acceptors (Lipinski definition) is 2. The molecule has 2 rings (SSSR count). The van der Waals surface area contributed by atoms with Crippen molar-refractivity contribution in [3.05, 3.63) is 41.7 Å². The molecule has 0 spiro atoms. The lowest BCUT2D eigenvalue weighted by Gasteiger charge is -2.15. The molecule has 1 amide bonds. The molecule has 0 fully saturated rings. The molecular formula is C11H11NO2. The minimum absolute atomic E-state index is 0.161. The molecule has 14 heavy (non-hydrogen) atoms. The van der Waals surface area contributed by atoms with Gasteiger partial charge < -0.3 is 10.0 Å². The maximum Gasteiger partial charge on any atom is 0.293 e. The van der Waals surface area contributed by atoms with Crippen molar-refractivity contribution in [1.82, 2.24) is 0 Å². The molecule has 0 aliphatic carbocycles. The number of amides is 1. The number of aliphatic hydroxyl groups excluding tert-OH is 1. The highest BCUT2D eigenvalue weighted by Gasteiger charge is 2.24. The molecular weight excluding hydrogens is 178 g/mol. The fourth-order valence-electron chi connectivity index (χ4n) is 1.50. The normalized spacial score (nSPS) is 15.9. The number of carbonyl (C=O) groups is 1. The zero-order valence-corrected chi connectivity index (χ0v) is 7.90. The molecule has 0 aromatic heterocycles. The lowest BCUT2D eigenvalue weighted by atomic mass is 10.2. The van der Waals surface area contributed by atoms with Gasteiger partial charge in [-0.3, -0.25) is 4.79 Å². The molecule has 0 saturated carbocycles. The highest BCUT2D eigenvalue weighted by molar-refractivity contribution is 6.06. The van der Waals surface area contributed by atoms with Crippen LogP contribution in [0.4, 0.5) is 5.69 Å². The number of hydrogen-bond donors (Lipinski definition) is 1. The average molecular weight is 189 g/mol. The van der Waals surface area contributed by atoms with Gasteiger partial charge in [-0.1, -0.05) is 12.1 Å². The molecule has 0 atom stereocenters. The zero-order valence-electron chi connectivity index (χ0n) is 7.90. The van der Waals surface area contributed by atoms with Crippen molar-refractivity contribution in [2.45, 2.75) is 6.92 Å². The molecule has 3 nitrogen and oxygen atoms in total. The quantitative estimate of drug-likeness (QED) is 0.731. The van der Waals surface area contributed by atoms with Gasteiger partial charge in [0.1, 0.15) is 0 Å². The zero-order chi connectivity index (χ0) is 10.1. The minimum atomic E-state index is -0.324. The second-order valence-electron chi connectivity index (χ2n) is 3.34. The van der Waals surface area contributed by atoms with Gasteiger partial charge in [-0.05, 0) is 30.7 Å². The van der Waals surface area contributed by atoms with E-state index in [-0.39, 0.29) is 11.7 Å². The van der Waals surface area contributed by atoms with E-state index in [0.29, 0.717) is 6.54 Å². The van der Waals surface area contributed by atoms with Crippen molar-refractivity contribution in [3.63, 3.8) is 0 Å². The maximum absolute atomic E-state index is 11.4. The van der Waals surface area contributed by atoms with Crippen LogP contribution in [0.25, 0.3) is 0 Å². The smallest absolute Gasteiger partial charge is 0.293 e. The summed E-state index contributed by atoms with van der Waals surface area (Å²) in [5.74, 6) is -0.484. The largest absolute Gasteiger partial charge is 0.503 e. The van der Waals surface area contributed by atoms with E-state index in [1.54, 1.807) is 4.90 Å². The highest BCUT2D eigenvalue weighted by atomic mass is 16.3. The predicted molar refractivity (Wildman–Crippen MR) is 54.2 cm³/mol. The van der Waals surface area contributed by atoms with Crippen molar-refractivity contribution >= 4 is 11.6 Å². The van der Waals surface area contributed by atoms with Gasteiger partial charge in [-0.25, -0.2) is 0 Å². The number of rotatable bonds is 1. The Morgan fingerprint density at radius 1 is 1.43 bits per heavy atom. The first-order valence-electron chi connectivity index (χ1n) is 4.46. The van der Waals surface area contributed by atoms with Gasteiger partial charge in [0.25, 0.3) is 5.91 Å². The van der Waals surface area contributed by atoms with Crippen LogP contribution in [0.15, 0.2) is 36.1 Å². The number of anilines is 1. The van der Waals surface area contributed by atoms with E-state index in [1.807, 2.05) is 31.2 Å². The molecule has 1 aliphatic heterocycles. The van der Waals surface area contributed by atoms with Gasteiger partial charge in [0.15, 0.2) is 5.76 Å². The minimum Gasteiger partial charge on any atom is -0.503 e. The van der Waals surface area contributed by atoms with E-state index in [2.05, 4.69) is 0 Å². The molecule has 0 unspecified atom stereocenters. The summed E-state index contributed by atoms with van der Waals surface area (Å²) in [6.07, 6.45) is 1.52. The first-order chi connectivity index (χ1) is 6.68. The van der Waals surface area contributed by atoms with E-state index < -0.39 is 0 Å². The number of aliphatic hydroxyl groups is 1. The Morgan fingerprint density at radius 2 is 2.21 bits per heavy atom. The summed E-state index contributed by atoms with van der Waals surface area (Å²) in [6, 6.07) is 7.65. The summed E-state index contributed by atoms with van der Waals surface area (Å²) >= 11 is 0. The molecule has 0 bridgehead atoms. The summed E-state index contributed by atoms with van der Waals surface area (Å²) < 4.78 is 0. The molecule has 0 radical (unpaired) electrons. The summed E-state index contributed by atoms with van der Waals surface area (Å²) in [7, 11) is 0. The van der Waals surface area contributed by atoms with Gasteiger partial charge in [0.2, 0.25) is 0 Å². The lowest BCUT2D eigenvalue weighted by Crippen LogP contribution is -2.26. The van der Waals surface area contributed by atoms with Crippen molar-refractivity contribution in [2.75, 3.05) is 11.4 Å². The molecule has 1 heterocycles. The van der Waals surface area contributed by atoms with E-state index in [0.717, 1.165) is 11.3 Å². The Labute approximate surface area is 82.3 Å². The van der Waals surface area contributed by atoms with Crippen molar-refractivity contribution < 1.29 is 9.90 Å². The Bertz CT molecular complexity index is 410. The Balaban J connectivity index is 2.30. The summed E-state index contributed by atoms with van der Waals surface area (Å²) in [4.78, 5) is 13.0. The van der Waals surface area contributed by atoms with Gasteiger partial charge in [-0.15, -0.1) is 0 Å². The van der Waals surface area contributed by atoms with E-state index in [4.69, 9.17) is 5.11 Å². The van der Waals surface area contributed by atoms with Gasteiger partial charge in [0, 0.05) is 12.2 Å². The Kier molecular flexibility index (Phi) is 2.00. The standard InChI is InChI=1S/C11H11NO2/c1-8-3-2-4-9(7-8)12-6-5-10(13)11(12)14/h2-5,7,13H,6H2,1H3. The Hall–Kier alpha value is -1.77. The van der Waals surface area contributed by atoms with Crippen molar-refractivity contribution in [3.8, 4) is 0 Å². The van der Waals surface area contributed by atoms with Crippen LogP contribution >= 0.6 is 0 Å². The third-order valence-electron chi connectivity index (χ3n) is 2.24. The van der Waals surface area contributed by atoms with Gasteiger partial charge in [-0.2, -0.15) is 0 Å². The average Bonchev–Trinajstić information content (AvgIpc) is 2.48. The number of benzene rings is 1. The van der Waals surface area contributed by atoms with E-state index in [9.17, 15) is 4.79 Å². The van der Waals surface area contributed by atoms with Crippen LogP contribution in [-0.4, -0.2) is 17.6 Å². The van der Waals surface area contributed by atoms with Crippen molar-refractivity contribution in [2.24, 2.45) is 0 Å². The third-order valence-corrected chi connectivity index (χ3v) is 2.24. The monoisotopic (exact) mass is 189 g/mol. The van der Waals surface area contributed by atoms with Crippen LogP contribution in [0.3, 0.4) is 0 Å². The SMILES string of the molecule is Cc1cccc(N2CC=C(O)C2=O)c1. The van der Waals surface area contributed by atoms with E-state index >= 15 is 0 Å². The van der Waals surface area contributed by atoms with Crippen LogP contribution < -0.4 is 4.90 Å². The van der Waals surface area contributed by atoms with Gasteiger partial charge >= 0.3 is 0 Å². The molecule has 3 heteroatoms. The van der Waals surface area contributed by atoms with Crippen LogP contribution in [-0.2, 0) is 4.79 Å². The van der Waals surface area contributed by atoms with Crippen LogP contribution in [0.5, 0.6) is 0 Å². The van der Waals surface area contributed by atoms with Crippen molar-refractivity contribution in [1.29, 1.82) is 0 Å². The summed E-state index contributed by atoms with van der Waals surface area (Å²) in [6.45, 7) is 2.42. The molecule has 0 saturated heterocycles. The van der Waals surface area contributed by atoms with Gasteiger partial charge in [0.05, 0.1) is 0 Å². The number of nitrogens with zero attached hydrogens (tertiary/aromatic N) is 1.